The van der Waals surface area contributed by atoms with Gasteiger partial charge >= 0.3 is 0 Å². The zero-order chi connectivity index (χ0) is 22.2. The van der Waals surface area contributed by atoms with Crippen molar-refractivity contribution in [2.45, 2.75) is 18.2 Å². The number of thioether (sulfide) groups is 1. The number of halogens is 2. The van der Waals surface area contributed by atoms with Crippen molar-refractivity contribution >= 4 is 52.5 Å². The first-order chi connectivity index (χ1) is 15.0. The topological polar surface area (TPSA) is 88.9 Å². The normalized spacial score (nSPS) is 10.5. The minimum absolute atomic E-state index is 0.136. The summed E-state index contributed by atoms with van der Waals surface area (Å²) in [4.78, 5) is 24.6. The fourth-order valence-corrected chi connectivity index (χ4v) is 3.80. The Morgan fingerprint density at radius 1 is 1.10 bits per heavy atom. The lowest BCUT2D eigenvalue weighted by Gasteiger charge is -2.09. The second-order valence-electron chi connectivity index (χ2n) is 6.34. The van der Waals surface area contributed by atoms with Gasteiger partial charge in [-0.05, 0) is 36.4 Å². The molecule has 0 saturated carbocycles. The van der Waals surface area contributed by atoms with Crippen molar-refractivity contribution in [3.8, 4) is 0 Å². The fraction of sp³-hybridized carbons (Fsp3) is 0.143. The zero-order valence-electron chi connectivity index (χ0n) is 16.3. The molecule has 1 aromatic heterocycles. The average Bonchev–Trinajstić information content (AvgIpc) is 3.12. The summed E-state index contributed by atoms with van der Waals surface area (Å²) in [5.74, 6) is 0.214. The summed E-state index contributed by atoms with van der Waals surface area (Å²) in [5, 5.41) is 15.5. The maximum absolute atomic E-state index is 12.3. The van der Waals surface area contributed by atoms with Gasteiger partial charge in [-0.2, -0.15) is 0 Å². The van der Waals surface area contributed by atoms with Crippen LogP contribution in [0.2, 0.25) is 10.0 Å². The lowest BCUT2D eigenvalue weighted by molar-refractivity contribution is -0.113. The van der Waals surface area contributed by atoms with Crippen LogP contribution in [0.25, 0.3) is 0 Å². The van der Waals surface area contributed by atoms with Crippen LogP contribution < -0.4 is 10.6 Å². The van der Waals surface area contributed by atoms with E-state index in [1.807, 2.05) is 0 Å². The first-order valence-electron chi connectivity index (χ1n) is 9.21. The number of nitrogens with one attached hydrogen (secondary N) is 2. The molecule has 2 N–H and O–H groups in total. The number of aromatic nitrogens is 3. The molecule has 160 valence electrons. The van der Waals surface area contributed by atoms with Crippen LogP contribution in [0.1, 0.15) is 16.2 Å². The van der Waals surface area contributed by atoms with E-state index in [1.54, 1.807) is 59.2 Å². The number of rotatable bonds is 9. The molecule has 0 spiro atoms. The molecule has 10 heteroatoms. The summed E-state index contributed by atoms with van der Waals surface area (Å²) in [6, 6.07) is 13.6. The predicted molar refractivity (Wildman–Crippen MR) is 124 cm³/mol. The van der Waals surface area contributed by atoms with E-state index in [4.69, 9.17) is 23.2 Å². The molecule has 0 atom stereocenters. The number of amides is 2. The number of allylic oxidation sites excluding steroid dienone is 1. The molecule has 2 amide bonds. The largest absolute Gasteiger partial charge is 0.345 e. The van der Waals surface area contributed by atoms with Crippen LogP contribution in [0.3, 0.4) is 0 Å². The first kappa shape index (κ1) is 22.9. The molecule has 2 aromatic carbocycles. The molecular weight excluding hydrogens is 457 g/mol. The molecule has 3 rings (SSSR count). The van der Waals surface area contributed by atoms with Gasteiger partial charge in [-0.15, -0.1) is 16.8 Å². The highest BCUT2D eigenvalue weighted by Gasteiger charge is 2.15. The van der Waals surface area contributed by atoms with Crippen molar-refractivity contribution in [3.05, 3.63) is 82.6 Å². The quantitative estimate of drug-likeness (QED) is 0.352. The van der Waals surface area contributed by atoms with Crippen LogP contribution in [0, 0.1) is 0 Å². The van der Waals surface area contributed by atoms with Crippen LogP contribution in [0.5, 0.6) is 0 Å². The number of carbonyl (C=O) groups is 2. The number of hydrogen-bond acceptors (Lipinski definition) is 5. The molecule has 31 heavy (non-hydrogen) atoms. The number of hydrogen-bond donors (Lipinski definition) is 2. The van der Waals surface area contributed by atoms with Crippen LogP contribution in [0.15, 0.2) is 66.3 Å². The molecule has 0 unspecified atom stereocenters. The summed E-state index contributed by atoms with van der Waals surface area (Å²) in [5.41, 5.74) is 1.07. The second kappa shape index (κ2) is 11.0. The monoisotopic (exact) mass is 475 g/mol. The molecule has 3 aromatic rings. The standard InChI is InChI=1S/C21H19Cl2N5O2S/c1-2-9-28-18(12-24-20(30)14-5-3-6-15(22)10-14)26-27-21(28)31-13-19(29)25-17-8-4-7-16(23)11-17/h2-8,10-11H,1,9,12-13H2,(H,24,30)(H,25,29). The number of carbonyl (C=O) groups excluding carboxylic acids is 2. The Bertz CT molecular complexity index is 1100. The Hall–Kier alpha value is -2.81. The van der Waals surface area contributed by atoms with Crippen molar-refractivity contribution in [2.24, 2.45) is 0 Å². The highest BCUT2D eigenvalue weighted by atomic mass is 35.5. The van der Waals surface area contributed by atoms with Gasteiger partial charge in [0.1, 0.15) is 0 Å². The van der Waals surface area contributed by atoms with Crippen LogP contribution in [-0.4, -0.2) is 32.3 Å². The van der Waals surface area contributed by atoms with Gasteiger partial charge in [-0.1, -0.05) is 53.2 Å². The molecule has 0 fully saturated rings. The Balaban J connectivity index is 1.61. The summed E-state index contributed by atoms with van der Waals surface area (Å²) in [6.07, 6.45) is 1.70. The van der Waals surface area contributed by atoms with Crippen molar-refractivity contribution in [3.63, 3.8) is 0 Å². The lowest BCUT2D eigenvalue weighted by Crippen LogP contribution is -2.24. The first-order valence-corrected chi connectivity index (χ1v) is 11.0. The Morgan fingerprint density at radius 2 is 1.84 bits per heavy atom. The third-order valence-electron chi connectivity index (χ3n) is 4.04. The molecule has 0 aliphatic carbocycles. The van der Waals surface area contributed by atoms with Gasteiger partial charge in [0.25, 0.3) is 5.91 Å². The van der Waals surface area contributed by atoms with Crippen molar-refractivity contribution in [2.75, 3.05) is 11.1 Å². The summed E-state index contributed by atoms with van der Waals surface area (Å²) < 4.78 is 1.79. The number of anilines is 1. The summed E-state index contributed by atoms with van der Waals surface area (Å²) >= 11 is 13.1. The molecule has 0 radical (unpaired) electrons. The lowest BCUT2D eigenvalue weighted by atomic mass is 10.2. The van der Waals surface area contributed by atoms with Crippen molar-refractivity contribution in [1.29, 1.82) is 0 Å². The molecule has 7 nitrogen and oxygen atoms in total. The number of benzene rings is 2. The van der Waals surface area contributed by atoms with Crippen LogP contribution >= 0.6 is 35.0 Å². The molecular formula is C21H19Cl2N5O2S. The van der Waals surface area contributed by atoms with Crippen LogP contribution in [-0.2, 0) is 17.9 Å². The van der Waals surface area contributed by atoms with Crippen molar-refractivity contribution in [1.82, 2.24) is 20.1 Å². The average molecular weight is 476 g/mol. The van der Waals surface area contributed by atoms with Gasteiger partial charge in [-0.3, -0.25) is 9.59 Å². The maximum Gasteiger partial charge on any atom is 0.251 e. The predicted octanol–water partition coefficient (Wildman–Crippen LogP) is 4.43. The summed E-state index contributed by atoms with van der Waals surface area (Å²) in [7, 11) is 0. The Labute approximate surface area is 193 Å². The molecule has 0 bridgehead atoms. The highest BCUT2D eigenvalue weighted by Crippen LogP contribution is 2.19. The van der Waals surface area contributed by atoms with Gasteiger partial charge in [-0.25, -0.2) is 0 Å². The van der Waals surface area contributed by atoms with Gasteiger partial charge in [0.2, 0.25) is 5.91 Å². The van der Waals surface area contributed by atoms with E-state index in [1.165, 1.54) is 11.8 Å². The van der Waals surface area contributed by atoms with E-state index >= 15 is 0 Å². The SMILES string of the molecule is C=CCn1c(CNC(=O)c2cccc(Cl)c2)nnc1SCC(=O)Nc1cccc(Cl)c1. The summed E-state index contributed by atoms with van der Waals surface area (Å²) in [6.45, 7) is 4.36. The van der Waals surface area contributed by atoms with E-state index in [2.05, 4.69) is 27.4 Å². The van der Waals surface area contributed by atoms with Gasteiger partial charge in [0.05, 0.1) is 12.3 Å². The van der Waals surface area contributed by atoms with E-state index in [0.717, 1.165) is 0 Å². The smallest absolute Gasteiger partial charge is 0.251 e. The van der Waals surface area contributed by atoms with E-state index < -0.39 is 0 Å². The van der Waals surface area contributed by atoms with Gasteiger partial charge < -0.3 is 15.2 Å². The van der Waals surface area contributed by atoms with E-state index in [9.17, 15) is 9.59 Å². The molecule has 1 heterocycles. The van der Waals surface area contributed by atoms with Gasteiger partial charge in [0.15, 0.2) is 11.0 Å². The molecule has 0 saturated heterocycles. The maximum atomic E-state index is 12.3. The third-order valence-corrected chi connectivity index (χ3v) is 5.48. The minimum Gasteiger partial charge on any atom is -0.345 e. The highest BCUT2D eigenvalue weighted by molar-refractivity contribution is 7.99. The molecule has 0 aliphatic heterocycles. The Kier molecular flexibility index (Phi) is 8.11. The van der Waals surface area contributed by atoms with Crippen LogP contribution in [0.4, 0.5) is 5.69 Å². The second-order valence-corrected chi connectivity index (χ2v) is 8.15. The zero-order valence-corrected chi connectivity index (χ0v) is 18.7. The third kappa shape index (κ3) is 6.58. The van der Waals surface area contributed by atoms with Crippen molar-refractivity contribution < 1.29 is 9.59 Å². The Morgan fingerprint density at radius 3 is 2.55 bits per heavy atom. The fourth-order valence-electron chi connectivity index (χ4n) is 2.65. The van der Waals surface area contributed by atoms with E-state index in [0.29, 0.717) is 38.8 Å². The number of nitrogens with zero attached hydrogens (tertiary/aromatic N) is 3. The molecule has 0 aliphatic rings. The van der Waals surface area contributed by atoms with Gasteiger partial charge in [0, 0.05) is 27.8 Å². The van der Waals surface area contributed by atoms with E-state index in [-0.39, 0.29) is 24.1 Å². The minimum atomic E-state index is -0.272.